The van der Waals surface area contributed by atoms with Gasteiger partial charge in [-0.1, -0.05) is 12.8 Å². The molecule has 98 valence electrons. The van der Waals surface area contributed by atoms with Gasteiger partial charge in [-0.3, -0.25) is 4.79 Å². The number of ether oxygens (including phenoxy) is 1. The van der Waals surface area contributed by atoms with Gasteiger partial charge in [0.15, 0.2) is 0 Å². The van der Waals surface area contributed by atoms with Crippen LogP contribution in [0.5, 0.6) is 5.88 Å². The smallest absolute Gasteiger partial charge is 0.253 e. The van der Waals surface area contributed by atoms with Crippen LogP contribution in [-0.2, 0) is 0 Å². The summed E-state index contributed by atoms with van der Waals surface area (Å²) in [5.74, 6) is 0.278. The van der Waals surface area contributed by atoms with Crippen molar-refractivity contribution in [2.75, 3.05) is 7.11 Å². The Morgan fingerprint density at radius 2 is 2.22 bits per heavy atom. The average molecular weight is 250 g/mol. The van der Waals surface area contributed by atoms with Crippen LogP contribution in [-0.4, -0.2) is 35.3 Å². The van der Waals surface area contributed by atoms with Gasteiger partial charge in [0, 0.05) is 12.3 Å². The minimum Gasteiger partial charge on any atom is -0.481 e. The molecule has 0 aliphatic heterocycles. The van der Waals surface area contributed by atoms with Crippen LogP contribution >= 0.6 is 0 Å². The van der Waals surface area contributed by atoms with Crippen molar-refractivity contribution in [2.24, 2.45) is 0 Å². The Morgan fingerprint density at radius 1 is 1.44 bits per heavy atom. The Morgan fingerprint density at radius 3 is 2.83 bits per heavy atom. The molecule has 1 heterocycles. The molecule has 0 bridgehead atoms. The molecular formula is C13H18N2O3. The summed E-state index contributed by atoms with van der Waals surface area (Å²) in [4.78, 5) is 15.9. The number of nitrogens with one attached hydrogen (secondary N) is 1. The summed E-state index contributed by atoms with van der Waals surface area (Å²) in [5, 5.41) is 12.6. The molecule has 1 aromatic rings. The summed E-state index contributed by atoms with van der Waals surface area (Å²) in [6.45, 7) is 0. The number of rotatable bonds is 3. The summed E-state index contributed by atoms with van der Waals surface area (Å²) in [7, 11) is 1.53. The first kappa shape index (κ1) is 12.8. The van der Waals surface area contributed by atoms with Crippen molar-refractivity contribution < 1.29 is 14.6 Å². The fraction of sp³-hybridized carbons (Fsp3) is 0.538. The molecule has 2 rings (SSSR count). The van der Waals surface area contributed by atoms with Gasteiger partial charge in [-0.05, 0) is 18.9 Å². The molecule has 18 heavy (non-hydrogen) atoms. The van der Waals surface area contributed by atoms with Crippen molar-refractivity contribution in [3.63, 3.8) is 0 Å². The van der Waals surface area contributed by atoms with Gasteiger partial charge in [0.1, 0.15) is 0 Å². The summed E-state index contributed by atoms with van der Waals surface area (Å²) < 4.78 is 4.93. The Kier molecular flexibility index (Phi) is 4.15. The van der Waals surface area contributed by atoms with E-state index < -0.39 is 6.10 Å². The Balaban J connectivity index is 1.97. The molecule has 0 spiro atoms. The molecule has 0 aromatic carbocycles. The third kappa shape index (κ3) is 2.98. The van der Waals surface area contributed by atoms with E-state index in [9.17, 15) is 9.90 Å². The van der Waals surface area contributed by atoms with E-state index in [0.29, 0.717) is 11.4 Å². The maximum atomic E-state index is 12.0. The van der Waals surface area contributed by atoms with Crippen LogP contribution in [0.2, 0.25) is 0 Å². The Hall–Kier alpha value is -1.62. The van der Waals surface area contributed by atoms with Crippen LogP contribution in [0.25, 0.3) is 0 Å². The van der Waals surface area contributed by atoms with Crippen molar-refractivity contribution >= 4 is 5.91 Å². The molecule has 1 amide bonds. The van der Waals surface area contributed by atoms with Gasteiger partial charge in [0.25, 0.3) is 5.91 Å². The zero-order valence-electron chi connectivity index (χ0n) is 10.4. The van der Waals surface area contributed by atoms with Gasteiger partial charge in [0.2, 0.25) is 5.88 Å². The van der Waals surface area contributed by atoms with Gasteiger partial charge < -0.3 is 15.2 Å². The average Bonchev–Trinajstić information content (AvgIpc) is 2.41. The van der Waals surface area contributed by atoms with Crippen LogP contribution in [0, 0.1) is 0 Å². The van der Waals surface area contributed by atoms with Crippen molar-refractivity contribution in [2.45, 2.75) is 37.8 Å². The summed E-state index contributed by atoms with van der Waals surface area (Å²) in [5.41, 5.74) is 0.480. The SMILES string of the molecule is COc1ccc(C(=O)N[C@@H]2CCCC[C@H]2O)cn1. The molecule has 0 unspecified atom stereocenters. The number of pyridine rings is 1. The van der Waals surface area contributed by atoms with E-state index in [1.165, 1.54) is 13.3 Å². The third-order valence-electron chi connectivity index (χ3n) is 3.25. The lowest BCUT2D eigenvalue weighted by Crippen LogP contribution is -2.45. The molecule has 5 heteroatoms. The number of amides is 1. The first-order valence-electron chi connectivity index (χ1n) is 6.19. The molecule has 2 atom stereocenters. The molecule has 0 radical (unpaired) electrons. The fourth-order valence-corrected chi connectivity index (χ4v) is 2.17. The highest BCUT2D eigenvalue weighted by Gasteiger charge is 2.24. The minimum absolute atomic E-state index is 0.145. The van der Waals surface area contributed by atoms with Gasteiger partial charge in [0.05, 0.1) is 24.8 Å². The molecule has 1 saturated carbocycles. The van der Waals surface area contributed by atoms with Crippen LogP contribution < -0.4 is 10.1 Å². The number of nitrogens with zero attached hydrogens (tertiary/aromatic N) is 1. The third-order valence-corrected chi connectivity index (χ3v) is 3.25. The maximum absolute atomic E-state index is 12.0. The standard InChI is InChI=1S/C13H18N2O3/c1-18-12-7-6-9(8-14-12)13(17)15-10-4-2-3-5-11(10)16/h6-8,10-11,16H,2-5H2,1H3,(H,15,17)/t10-,11-/m1/s1. The lowest BCUT2D eigenvalue weighted by molar-refractivity contribution is 0.0717. The normalized spacial score (nSPS) is 23.4. The predicted octanol–water partition coefficient (Wildman–Crippen LogP) is 1.12. The summed E-state index contributed by atoms with van der Waals surface area (Å²) in [6, 6.07) is 3.16. The topological polar surface area (TPSA) is 71.5 Å². The van der Waals surface area contributed by atoms with Crippen LogP contribution in [0.15, 0.2) is 18.3 Å². The molecule has 1 aromatic heterocycles. The quantitative estimate of drug-likeness (QED) is 0.843. The molecule has 5 nitrogen and oxygen atoms in total. The van der Waals surface area contributed by atoms with E-state index in [1.54, 1.807) is 12.1 Å². The summed E-state index contributed by atoms with van der Waals surface area (Å²) in [6.07, 6.45) is 4.69. The van der Waals surface area contributed by atoms with Gasteiger partial charge >= 0.3 is 0 Å². The van der Waals surface area contributed by atoms with Crippen molar-refractivity contribution in [3.05, 3.63) is 23.9 Å². The van der Waals surface area contributed by atoms with Crippen molar-refractivity contribution in [1.82, 2.24) is 10.3 Å². The van der Waals surface area contributed by atoms with Gasteiger partial charge in [-0.2, -0.15) is 0 Å². The molecule has 1 aliphatic carbocycles. The van der Waals surface area contributed by atoms with Crippen molar-refractivity contribution in [3.8, 4) is 5.88 Å². The van der Waals surface area contributed by atoms with E-state index in [2.05, 4.69) is 10.3 Å². The zero-order valence-corrected chi connectivity index (χ0v) is 10.4. The Labute approximate surface area is 106 Å². The van der Waals surface area contributed by atoms with Gasteiger partial charge in [-0.25, -0.2) is 4.98 Å². The number of hydrogen-bond donors (Lipinski definition) is 2. The van der Waals surface area contributed by atoms with E-state index in [-0.39, 0.29) is 11.9 Å². The zero-order chi connectivity index (χ0) is 13.0. The monoisotopic (exact) mass is 250 g/mol. The number of hydrogen-bond acceptors (Lipinski definition) is 4. The van der Waals surface area contributed by atoms with Gasteiger partial charge in [-0.15, -0.1) is 0 Å². The minimum atomic E-state index is -0.436. The molecule has 2 N–H and O–H groups in total. The van der Waals surface area contributed by atoms with E-state index in [4.69, 9.17) is 4.74 Å². The van der Waals surface area contributed by atoms with E-state index in [0.717, 1.165) is 25.7 Å². The second kappa shape index (κ2) is 5.82. The summed E-state index contributed by atoms with van der Waals surface area (Å²) >= 11 is 0. The first-order valence-corrected chi connectivity index (χ1v) is 6.19. The number of carbonyl (C=O) groups excluding carboxylic acids is 1. The maximum Gasteiger partial charge on any atom is 0.253 e. The van der Waals surface area contributed by atoms with Crippen molar-refractivity contribution in [1.29, 1.82) is 0 Å². The lowest BCUT2D eigenvalue weighted by Gasteiger charge is -2.28. The second-order valence-electron chi connectivity index (χ2n) is 4.52. The fourth-order valence-electron chi connectivity index (χ4n) is 2.17. The Bertz CT molecular complexity index is 405. The number of aliphatic hydroxyl groups is 1. The number of carbonyl (C=O) groups is 1. The van der Waals surface area contributed by atoms with Crippen LogP contribution in [0.4, 0.5) is 0 Å². The lowest BCUT2D eigenvalue weighted by atomic mass is 9.92. The molecule has 1 fully saturated rings. The highest BCUT2D eigenvalue weighted by molar-refractivity contribution is 5.94. The highest BCUT2D eigenvalue weighted by atomic mass is 16.5. The number of aromatic nitrogens is 1. The largest absolute Gasteiger partial charge is 0.481 e. The van der Waals surface area contributed by atoms with Crippen LogP contribution in [0.3, 0.4) is 0 Å². The molecule has 0 saturated heterocycles. The number of methoxy groups -OCH3 is 1. The van der Waals surface area contributed by atoms with Crippen LogP contribution in [0.1, 0.15) is 36.0 Å². The number of aliphatic hydroxyl groups excluding tert-OH is 1. The first-order chi connectivity index (χ1) is 8.70. The van der Waals surface area contributed by atoms with E-state index >= 15 is 0 Å². The second-order valence-corrected chi connectivity index (χ2v) is 4.52. The predicted molar refractivity (Wildman–Crippen MR) is 66.5 cm³/mol. The highest BCUT2D eigenvalue weighted by Crippen LogP contribution is 2.18. The van der Waals surface area contributed by atoms with E-state index in [1.807, 2.05) is 0 Å². The molecular weight excluding hydrogens is 232 g/mol. The molecule has 1 aliphatic rings.